The Hall–Kier alpha value is -0.240. The van der Waals surface area contributed by atoms with E-state index in [2.05, 4.69) is 31.3 Å². The third kappa shape index (κ3) is 1.97. The van der Waals surface area contributed by atoms with Crippen LogP contribution in [0, 0.1) is 5.41 Å². The minimum absolute atomic E-state index is 0. The van der Waals surface area contributed by atoms with Crippen LogP contribution >= 0.6 is 24.0 Å². The van der Waals surface area contributed by atoms with Crippen molar-refractivity contribution in [3.8, 4) is 0 Å². The molecule has 3 heteroatoms. The van der Waals surface area contributed by atoms with Gasteiger partial charge in [-0.1, -0.05) is 37.6 Å². The number of hydrogen-bond donors (Lipinski definition) is 1. The number of halogens is 2. The Bertz CT molecular complexity index is 458. The monoisotopic (exact) mass is 285 g/mol. The maximum atomic E-state index is 6.54. The molecule has 1 N–H and O–H groups in total. The van der Waals surface area contributed by atoms with Crippen molar-refractivity contribution in [2.45, 2.75) is 39.0 Å². The third-order valence-electron chi connectivity index (χ3n) is 4.78. The molecule has 2 atom stereocenters. The summed E-state index contributed by atoms with van der Waals surface area (Å²) >= 11 is 6.54. The lowest BCUT2D eigenvalue weighted by Crippen LogP contribution is -2.30. The van der Waals surface area contributed by atoms with Crippen LogP contribution in [0.15, 0.2) is 12.1 Å². The minimum Gasteiger partial charge on any atom is -0.316 e. The van der Waals surface area contributed by atoms with Crippen LogP contribution in [0.1, 0.15) is 42.9 Å². The van der Waals surface area contributed by atoms with Crippen LogP contribution in [0.2, 0.25) is 5.02 Å². The highest BCUT2D eigenvalue weighted by Crippen LogP contribution is 2.49. The summed E-state index contributed by atoms with van der Waals surface area (Å²) in [4.78, 5) is 0. The van der Waals surface area contributed by atoms with Gasteiger partial charge in [0.1, 0.15) is 0 Å². The second-order valence-corrected chi connectivity index (χ2v) is 6.18. The molecule has 0 spiro atoms. The van der Waals surface area contributed by atoms with Crippen LogP contribution in [-0.2, 0) is 12.8 Å². The first-order chi connectivity index (χ1) is 8.15. The fourth-order valence-electron chi connectivity index (χ4n) is 3.57. The molecule has 1 fully saturated rings. The Balaban J connectivity index is 0.00000120. The normalized spacial score (nSPS) is 29.4. The van der Waals surface area contributed by atoms with E-state index in [4.69, 9.17) is 11.6 Å². The summed E-state index contributed by atoms with van der Waals surface area (Å²) in [7, 11) is 0. The molecular weight excluding hydrogens is 265 g/mol. The predicted octanol–water partition coefficient (Wildman–Crippen LogP) is 3.96. The van der Waals surface area contributed by atoms with Gasteiger partial charge in [-0.2, -0.15) is 0 Å². The molecule has 2 aliphatic rings. The number of fused-ring (bicyclic) bond motifs is 3. The van der Waals surface area contributed by atoms with Gasteiger partial charge >= 0.3 is 0 Å². The van der Waals surface area contributed by atoms with Crippen LogP contribution in [0.4, 0.5) is 0 Å². The second kappa shape index (κ2) is 5.03. The summed E-state index contributed by atoms with van der Waals surface area (Å²) in [5.41, 5.74) is 4.69. The molecule has 1 aliphatic carbocycles. The average molecular weight is 286 g/mol. The predicted molar refractivity (Wildman–Crippen MR) is 80.1 cm³/mol. The van der Waals surface area contributed by atoms with Crippen LogP contribution in [-0.4, -0.2) is 13.1 Å². The van der Waals surface area contributed by atoms with Gasteiger partial charge in [0.05, 0.1) is 0 Å². The van der Waals surface area contributed by atoms with Gasteiger partial charge in [0.15, 0.2) is 0 Å². The minimum atomic E-state index is 0. The fourth-order valence-corrected chi connectivity index (χ4v) is 3.97. The Morgan fingerprint density at radius 1 is 1.44 bits per heavy atom. The number of aryl methyl sites for hydroxylation is 1. The number of nitrogens with one attached hydrogen (secondary N) is 1. The van der Waals surface area contributed by atoms with Gasteiger partial charge in [-0.15, -0.1) is 12.4 Å². The van der Waals surface area contributed by atoms with Gasteiger partial charge in [0.2, 0.25) is 0 Å². The van der Waals surface area contributed by atoms with E-state index in [0.717, 1.165) is 31.0 Å². The van der Waals surface area contributed by atoms with E-state index in [1.807, 2.05) is 0 Å². The first-order valence-electron chi connectivity index (χ1n) is 6.66. The summed E-state index contributed by atoms with van der Waals surface area (Å²) in [5, 5.41) is 4.59. The molecule has 1 saturated heterocycles. The van der Waals surface area contributed by atoms with E-state index < -0.39 is 0 Å². The highest BCUT2D eigenvalue weighted by atomic mass is 35.5. The van der Waals surface area contributed by atoms with E-state index >= 15 is 0 Å². The van der Waals surface area contributed by atoms with Gasteiger partial charge < -0.3 is 5.32 Å². The maximum Gasteiger partial charge on any atom is 0.0472 e. The van der Waals surface area contributed by atoms with E-state index in [9.17, 15) is 0 Å². The molecule has 1 aromatic carbocycles. The molecule has 0 amide bonds. The van der Waals surface area contributed by atoms with Crippen molar-refractivity contribution in [2.24, 2.45) is 5.41 Å². The lowest BCUT2D eigenvalue weighted by atomic mass is 9.67. The topological polar surface area (TPSA) is 12.0 Å². The second-order valence-electron chi connectivity index (χ2n) is 5.80. The smallest absolute Gasteiger partial charge is 0.0472 e. The van der Waals surface area contributed by atoms with Crippen LogP contribution in [0.5, 0.6) is 0 Å². The van der Waals surface area contributed by atoms with Gasteiger partial charge in [0, 0.05) is 24.0 Å². The van der Waals surface area contributed by atoms with Crippen molar-refractivity contribution in [1.82, 2.24) is 5.32 Å². The Labute approximate surface area is 121 Å². The zero-order chi connectivity index (χ0) is 12.0. The number of benzene rings is 1. The molecule has 0 saturated carbocycles. The van der Waals surface area contributed by atoms with Crippen molar-refractivity contribution < 1.29 is 0 Å². The van der Waals surface area contributed by atoms with Gasteiger partial charge in [0.25, 0.3) is 0 Å². The van der Waals surface area contributed by atoms with Crippen LogP contribution < -0.4 is 5.32 Å². The molecule has 1 aliphatic heterocycles. The van der Waals surface area contributed by atoms with Gasteiger partial charge in [-0.05, 0) is 41.4 Å². The van der Waals surface area contributed by atoms with E-state index in [1.165, 1.54) is 23.1 Å². The van der Waals surface area contributed by atoms with E-state index in [-0.39, 0.29) is 12.4 Å². The number of hydrogen-bond acceptors (Lipinski definition) is 1. The SMILES string of the molecule is CCc1ccc2c(c1Cl)CC[C@]1(C)CNC[C@H]21.Cl. The Morgan fingerprint density at radius 3 is 2.94 bits per heavy atom. The zero-order valence-corrected chi connectivity index (χ0v) is 12.6. The molecule has 1 aromatic rings. The lowest BCUT2D eigenvalue weighted by Gasteiger charge is -2.37. The molecule has 3 rings (SSSR count). The van der Waals surface area contributed by atoms with E-state index in [1.54, 1.807) is 0 Å². The molecule has 0 radical (unpaired) electrons. The standard InChI is InChI=1S/C15H20ClN.ClH/c1-3-10-4-5-11-12(14(10)16)6-7-15(2)9-17-8-13(11)15;/h4-5,13,17H,3,6-9H2,1-2H3;1H/t13-,15-;/m1./s1. The zero-order valence-electron chi connectivity index (χ0n) is 11.1. The molecule has 1 heterocycles. The lowest BCUT2D eigenvalue weighted by molar-refractivity contribution is 0.277. The quantitative estimate of drug-likeness (QED) is 0.824. The highest BCUT2D eigenvalue weighted by Gasteiger charge is 2.43. The van der Waals surface area contributed by atoms with Crippen molar-refractivity contribution in [2.75, 3.05) is 13.1 Å². The molecule has 0 bridgehead atoms. The average Bonchev–Trinajstić information content (AvgIpc) is 2.71. The molecule has 100 valence electrons. The summed E-state index contributed by atoms with van der Waals surface area (Å²) in [6.45, 7) is 6.87. The summed E-state index contributed by atoms with van der Waals surface area (Å²) in [5.74, 6) is 0.662. The summed E-state index contributed by atoms with van der Waals surface area (Å²) in [6, 6.07) is 4.56. The summed E-state index contributed by atoms with van der Waals surface area (Å²) in [6.07, 6.45) is 3.45. The molecule has 1 nitrogen and oxygen atoms in total. The van der Waals surface area contributed by atoms with Crippen LogP contribution in [0.25, 0.3) is 0 Å². The third-order valence-corrected chi connectivity index (χ3v) is 5.25. The first-order valence-corrected chi connectivity index (χ1v) is 7.04. The Kier molecular flexibility index (Phi) is 3.96. The first kappa shape index (κ1) is 14.2. The highest BCUT2D eigenvalue weighted by molar-refractivity contribution is 6.32. The maximum absolute atomic E-state index is 6.54. The Morgan fingerprint density at radius 2 is 2.22 bits per heavy atom. The molecule has 18 heavy (non-hydrogen) atoms. The number of rotatable bonds is 1. The van der Waals surface area contributed by atoms with Crippen LogP contribution in [0.3, 0.4) is 0 Å². The summed E-state index contributed by atoms with van der Waals surface area (Å²) < 4.78 is 0. The van der Waals surface area contributed by atoms with Crippen molar-refractivity contribution in [1.29, 1.82) is 0 Å². The van der Waals surface area contributed by atoms with Gasteiger partial charge in [-0.25, -0.2) is 0 Å². The molecule has 0 unspecified atom stereocenters. The van der Waals surface area contributed by atoms with Crippen molar-refractivity contribution in [3.63, 3.8) is 0 Å². The fraction of sp³-hybridized carbons (Fsp3) is 0.600. The van der Waals surface area contributed by atoms with Crippen molar-refractivity contribution >= 4 is 24.0 Å². The van der Waals surface area contributed by atoms with E-state index in [0.29, 0.717) is 11.3 Å². The largest absolute Gasteiger partial charge is 0.316 e. The van der Waals surface area contributed by atoms with Crippen molar-refractivity contribution in [3.05, 3.63) is 33.8 Å². The molecule has 0 aromatic heterocycles. The molecular formula is C15H21Cl2N. The van der Waals surface area contributed by atoms with Gasteiger partial charge in [-0.3, -0.25) is 0 Å².